The van der Waals surface area contributed by atoms with Crippen molar-refractivity contribution in [3.63, 3.8) is 0 Å². The lowest BCUT2D eigenvalue weighted by molar-refractivity contribution is 0.0143. The van der Waals surface area contributed by atoms with Crippen molar-refractivity contribution in [1.82, 2.24) is 5.16 Å². The first-order valence-electron chi connectivity index (χ1n) is 9.49. The van der Waals surface area contributed by atoms with E-state index in [0.717, 1.165) is 59.7 Å². The lowest BCUT2D eigenvalue weighted by Gasteiger charge is -2.19. The first-order chi connectivity index (χ1) is 12.2. The van der Waals surface area contributed by atoms with Gasteiger partial charge in [-0.05, 0) is 38.0 Å². The van der Waals surface area contributed by atoms with Crippen LogP contribution < -0.4 is 0 Å². The van der Waals surface area contributed by atoms with Gasteiger partial charge in [0.1, 0.15) is 11.5 Å². The van der Waals surface area contributed by atoms with Crippen molar-refractivity contribution in [2.75, 3.05) is 0 Å². The van der Waals surface area contributed by atoms with Crippen molar-refractivity contribution >= 4 is 28.8 Å². The number of allylic oxidation sites excluding steroid dienone is 4. The molecule has 0 bridgehead atoms. The standard InChI is InChI=1S/C20H27Cl2NO2/c1-3-7-18-14(12-24-17-11-5-8-13(17)4-2)20(23-25-18)19-15(21)9-6-10-16(19)22/h9,13,17H,3-8,10-12H2,1-2H3. The minimum absolute atomic E-state index is 0.337. The SMILES string of the molecule is CCCc1onc(C2=C(Cl)CCC=C2Cl)c1COC1CCCC1CC. The Morgan fingerprint density at radius 2 is 2.12 bits per heavy atom. The minimum atomic E-state index is 0.337. The molecule has 0 aromatic carbocycles. The monoisotopic (exact) mass is 383 g/mol. The van der Waals surface area contributed by atoms with Crippen LogP contribution in [0.5, 0.6) is 0 Å². The quantitative estimate of drug-likeness (QED) is 0.532. The van der Waals surface area contributed by atoms with Crippen molar-refractivity contribution in [3.8, 4) is 0 Å². The lowest BCUT2D eigenvalue weighted by Crippen LogP contribution is -2.18. The second-order valence-corrected chi connectivity index (χ2v) is 7.87. The Balaban J connectivity index is 1.86. The maximum Gasteiger partial charge on any atom is 0.142 e. The summed E-state index contributed by atoms with van der Waals surface area (Å²) < 4.78 is 12.0. The predicted molar refractivity (Wildman–Crippen MR) is 103 cm³/mol. The van der Waals surface area contributed by atoms with Gasteiger partial charge in [-0.3, -0.25) is 0 Å². The summed E-state index contributed by atoms with van der Waals surface area (Å²) in [5, 5.41) is 5.75. The number of rotatable bonds is 7. The fourth-order valence-electron chi connectivity index (χ4n) is 3.92. The molecule has 2 atom stereocenters. The fraction of sp³-hybridized carbons (Fsp3) is 0.650. The molecule has 0 aliphatic heterocycles. The van der Waals surface area contributed by atoms with Gasteiger partial charge in [0.15, 0.2) is 0 Å². The Bertz CT molecular complexity index is 663. The molecular weight excluding hydrogens is 357 g/mol. The van der Waals surface area contributed by atoms with Crippen LogP contribution in [0.15, 0.2) is 20.7 Å². The van der Waals surface area contributed by atoms with E-state index in [2.05, 4.69) is 19.0 Å². The average Bonchev–Trinajstić information content (AvgIpc) is 3.20. The summed E-state index contributed by atoms with van der Waals surface area (Å²) >= 11 is 12.9. The normalized spacial score (nSPS) is 24.1. The van der Waals surface area contributed by atoms with Gasteiger partial charge in [-0.1, -0.05) is 61.1 Å². The molecule has 2 unspecified atom stereocenters. The average molecular weight is 384 g/mol. The molecule has 0 saturated heterocycles. The van der Waals surface area contributed by atoms with Gasteiger partial charge in [0.25, 0.3) is 0 Å². The highest BCUT2D eigenvalue weighted by molar-refractivity contribution is 6.42. The summed E-state index contributed by atoms with van der Waals surface area (Å²) in [6.07, 6.45) is 10.7. The molecule has 5 heteroatoms. The van der Waals surface area contributed by atoms with E-state index in [4.69, 9.17) is 32.5 Å². The van der Waals surface area contributed by atoms with Crippen LogP contribution >= 0.6 is 23.2 Å². The summed E-state index contributed by atoms with van der Waals surface area (Å²) in [7, 11) is 0. The van der Waals surface area contributed by atoms with E-state index >= 15 is 0 Å². The Morgan fingerprint density at radius 1 is 1.28 bits per heavy atom. The summed E-state index contributed by atoms with van der Waals surface area (Å²) in [4.78, 5) is 0. The maximum absolute atomic E-state index is 6.48. The number of aromatic nitrogens is 1. The van der Waals surface area contributed by atoms with Crippen LogP contribution in [0, 0.1) is 5.92 Å². The third kappa shape index (κ3) is 4.15. The third-order valence-electron chi connectivity index (χ3n) is 5.34. The van der Waals surface area contributed by atoms with Crippen LogP contribution in [0.25, 0.3) is 5.57 Å². The predicted octanol–water partition coefficient (Wildman–Crippen LogP) is 6.59. The van der Waals surface area contributed by atoms with Crippen molar-refractivity contribution in [2.45, 2.75) is 77.9 Å². The second-order valence-electron chi connectivity index (χ2n) is 7.00. The third-order valence-corrected chi connectivity index (χ3v) is 6.06. The van der Waals surface area contributed by atoms with Crippen LogP contribution in [0.3, 0.4) is 0 Å². The molecule has 1 fully saturated rings. The van der Waals surface area contributed by atoms with Crippen molar-refractivity contribution in [3.05, 3.63) is 33.2 Å². The molecule has 1 aromatic rings. The van der Waals surface area contributed by atoms with Gasteiger partial charge in [-0.25, -0.2) is 0 Å². The molecule has 1 heterocycles. The van der Waals surface area contributed by atoms with Crippen LogP contribution in [0.1, 0.15) is 75.8 Å². The van der Waals surface area contributed by atoms with Crippen LogP contribution in [0.4, 0.5) is 0 Å². The Morgan fingerprint density at radius 3 is 2.84 bits per heavy atom. The molecular formula is C20H27Cl2NO2. The Labute approximate surface area is 160 Å². The number of hydrogen-bond acceptors (Lipinski definition) is 3. The highest BCUT2D eigenvalue weighted by Crippen LogP contribution is 2.40. The molecule has 25 heavy (non-hydrogen) atoms. The highest BCUT2D eigenvalue weighted by Gasteiger charge is 2.29. The van der Waals surface area contributed by atoms with Gasteiger partial charge >= 0.3 is 0 Å². The lowest BCUT2D eigenvalue weighted by atomic mass is 9.99. The van der Waals surface area contributed by atoms with E-state index in [1.54, 1.807) is 0 Å². The maximum atomic E-state index is 6.48. The summed E-state index contributed by atoms with van der Waals surface area (Å²) in [6.45, 7) is 4.90. The van der Waals surface area contributed by atoms with E-state index in [1.807, 2.05) is 6.08 Å². The van der Waals surface area contributed by atoms with Crippen LogP contribution in [-0.4, -0.2) is 11.3 Å². The molecule has 0 amide bonds. The topological polar surface area (TPSA) is 35.3 Å². The Kier molecular flexibility index (Phi) is 6.65. The zero-order chi connectivity index (χ0) is 17.8. The van der Waals surface area contributed by atoms with Gasteiger partial charge < -0.3 is 9.26 Å². The van der Waals surface area contributed by atoms with Crippen molar-refractivity contribution in [1.29, 1.82) is 0 Å². The fourth-order valence-corrected chi connectivity index (χ4v) is 4.58. The van der Waals surface area contributed by atoms with E-state index in [9.17, 15) is 0 Å². The molecule has 0 spiro atoms. The molecule has 3 nitrogen and oxygen atoms in total. The van der Waals surface area contributed by atoms with Gasteiger partial charge in [-0.2, -0.15) is 0 Å². The van der Waals surface area contributed by atoms with E-state index in [1.165, 1.54) is 19.3 Å². The molecule has 1 aromatic heterocycles. The summed E-state index contributed by atoms with van der Waals surface area (Å²) in [5.74, 6) is 1.56. The summed E-state index contributed by atoms with van der Waals surface area (Å²) in [6, 6.07) is 0. The number of nitrogens with zero attached hydrogens (tertiary/aromatic N) is 1. The molecule has 2 aliphatic carbocycles. The van der Waals surface area contributed by atoms with Gasteiger partial charge in [0.2, 0.25) is 0 Å². The van der Waals surface area contributed by atoms with E-state index in [-0.39, 0.29) is 0 Å². The first-order valence-corrected chi connectivity index (χ1v) is 10.2. The molecule has 0 N–H and O–H groups in total. The second kappa shape index (κ2) is 8.75. The molecule has 3 rings (SSSR count). The molecule has 138 valence electrons. The minimum Gasteiger partial charge on any atom is -0.373 e. The summed E-state index contributed by atoms with van der Waals surface area (Å²) in [5.41, 5.74) is 2.60. The Hall–Kier alpha value is -0.770. The molecule has 1 saturated carbocycles. The van der Waals surface area contributed by atoms with Crippen molar-refractivity contribution in [2.24, 2.45) is 5.92 Å². The van der Waals surface area contributed by atoms with Crippen LogP contribution in [-0.2, 0) is 17.8 Å². The number of ether oxygens (including phenoxy) is 1. The van der Waals surface area contributed by atoms with E-state index in [0.29, 0.717) is 23.7 Å². The molecule has 0 radical (unpaired) electrons. The van der Waals surface area contributed by atoms with E-state index < -0.39 is 0 Å². The highest BCUT2D eigenvalue weighted by atomic mass is 35.5. The van der Waals surface area contributed by atoms with Crippen molar-refractivity contribution < 1.29 is 9.26 Å². The molecule has 2 aliphatic rings. The van der Waals surface area contributed by atoms with Gasteiger partial charge in [0.05, 0.1) is 12.7 Å². The zero-order valence-electron chi connectivity index (χ0n) is 15.1. The first kappa shape index (κ1) is 19.0. The largest absolute Gasteiger partial charge is 0.373 e. The number of hydrogen-bond donors (Lipinski definition) is 0. The smallest absolute Gasteiger partial charge is 0.142 e. The number of halogens is 2. The zero-order valence-corrected chi connectivity index (χ0v) is 16.6. The van der Waals surface area contributed by atoms with Gasteiger partial charge in [0, 0.05) is 27.6 Å². The van der Waals surface area contributed by atoms with Crippen LogP contribution in [0.2, 0.25) is 0 Å². The van der Waals surface area contributed by atoms with Gasteiger partial charge in [-0.15, -0.1) is 0 Å². The number of aryl methyl sites for hydroxylation is 1.